The standard InChI is InChI=1S/C26H34N2O3S/c1-5-27(6-2)15-13-21(29)19-10-12-25-24(17-19)31-23-11-9-20(18-26(23)32-25)22(30)14-16-28(7-3)8-4/h9-12,17-18H,5-8,13-16H2,1-4H3. The minimum absolute atomic E-state index is 0.133. The Morgan fingerprint density at radius 2 is 1.25 bits per heavy atom. The number of rotatable bonds is 12. The van der Waals surface area contributed by atoms with Gasteiger partial charge in [0.1, 0.15) is 11.5 Å². The lowest BCUT2D eigenvalue weighted by Crippen LogP contribution is -2.25. The molecule has 32 heavy (non-hydrogen) atoms. The number of hydrogen-bond acceptors (Lipinski definition) is 6. The maximum absolute atomic E-state index is 12.7. The number of carbonyl (C=O) groups is 2. The van der Waals surface area contributed by atoms with Crippen LogP contribution in [0.2, 0.25) is 0 Å². The van der Waals surface area contributed by atoms with Gasteiger partial charge < -0.3 is 14.5 Å². The van der Waals surface area contributed by atoms with E-state index in [1.165, 1.54) is 0 Å². The zero-order valence-corrected chi connectivity index (χ0v) is 20.5. The van der Waals surface area contributed by atoms with Gasteiger partial charge in [-0.05, 0) is 56.5 Å². The Labute approximate surface area is 196 Å². The second-order valence-corrected chi connectivity index (χ2v) is 9.01. The van der Waals surface area contributed by atoms with Gasteiger partial charge in [-0.1, -0.05) is 45.5 Å². The van der Waals surface area contributed by atoms with Crippen molar-refractivity contribution in [2.24, 2.45) is 0 Å². The average Bonchev–Trinajstić information content (AvgIpc) is 2.82. The summed E-state index contributed by atoms with van der Waals surface area (Å²) in [6, 6.07) is 11.3. The SMILES string of the molecule is CCN(CC)CCC(=O)c1ccc2c(c1)Oc1ccc(C(=O)CCN(CC)CC)cc1S2. The highest BCUT2D eigenvalue weighted by Crippen LogP contribution is 2.47. The van der Waals surface area contributed by atoms with E-state index >= 15 is 0 Å². The highest BCUT2D eigenvalue weighted by molar-refractivity contribution is 7.99. The monoisotopic (exact) mass is 454 g/mol. The first kappa shape index (κ1) is 24.5. The van der Waals surface area contributed by atoms with E-state index in [0.29, 0.717) is 24.2 Å². The van der Waals surface area contributed by atoms with Gasteiger partial charge in [0.25, 0.3) is 0 Å². The van der Waals surface area contributed by atoms with E-state index in [2.05, 4.69) is 37.5 Å². The van der Waals surface area contributed by atoms with E-state index in [1.807, 2.05) is 36.4 Å². The van der Waals surface area contributed by atoms with Crippen molar-refractivity contribution in [3.8, 4) is 11.5 Å². The number of ketones is 2. The summed E-state index contributed by atoms with van der Waals surface area (Å²) < 4.78 is 6.10. The predicted molar refractivity (Wildman–Crippen MR) is 131 cm³/mol. The molecule has 0 amide bonds. The van der Waals surface area contributed by atoms with Crippen LogP contribution >= 0.6 is 11.8 Å². The van der Waals surface area contributed by atoms with E-state index < -0.39 is 0 Å². The van der Waals surface area contributed by atoms with Gasteiger partial charge in [0.05, 0.1) is 9.79 Å². The van der Waals surface area contributed by atoms with Crippen LogP contribution in [0.3, 0.4) is 0 Å². The van der Waals surface area contributed by atoms with Crippen LogP contribution in [-0.2, 0) is 0 Å². The van der Waals surface area contributed by atoms with Crippen LogP contribution in [0.4, 0.5) is 0 Å². The number of nitrogens with zero attached hydrogens (tertiary/aromatic N) is 2. The minimum Gasteiger partial charge on any atom is -0.455 e. The van der Waals surface area contributed by atoms with Gasteiger partial charge in [0, 0.05) is 37.1 Å². The second-order valence-electron chi connectivity index (χ2n) is 7.93. The van der Waals surface area contributed by atoms with Crippen molar-refractivity contribution >= 4 is 23.3 Å². The molecule has 0 N–H and O–H groups in total. The first-order valence-corrected chi connectivity index (χ1v) is 12.5. The maximum Gasteiger partial charge on any atom is 0.164 e. The fourth-order valence-electron chi connectivity index (χ4n) is 3.82. The van der Waals surface area contributed by atoms with Crippen LogP contribution in [0.25, 0.3) is 0 Å². The van der Waals surface area contributed by atoms with E-state index in [0.717, 1.165) is 60.4 Å². The number of hydrogen-bond donors (Lipinski definition) is 0. The summed E-state index contributed by atoms with van der Waals surface area (Å²) in [5, 5.41) is 0. The number of ether oxygens (including phenoxy) is 1. The molecule has 2 aromatic carbocycles. The van der Waals surface area contributed by atoms with E-state index in [1.54, 1.807) is 11.8 Å². The summed E-state index contributed by atoms with van der Waals surface area (Å²) in [6.45, 7) is 13.8. The molecule has 1 heterocycles. The Morgan fingerprint density at radius 1 is 0.719 bits per heavy atom. The van der Waals surface area contributed by atoms with Gasteiger partial charge in [-0.25, -0.2) is 0 Å². The van der Waals surface area contributed by atoms with Gasteiger partial charge in [0.15, 0.2) is 11.6 Å². The van der Waals surface area contributed by atoms with Crippen molar-refractivity contribution < 1.29 is 14.3 Å². The molecule has 1 aliphatic rings. The van der Waals surface area contributed by atoms with E-state index in [9.17, 15) is 9.59 Å². The summed E-state index contributed by atoms with van der Waals surface area (Å²) in [4.78, 5) is 31.7. The Morgan fingerprint density at radius 3 is 1.81 bits per heavy atom. The largest absolute Gasteiger partial charge is 0.455 e. The van der Waals surface area contributed by atoms with Crippen molar-refractivity contribution in [2.45, 2.75) is 50.3 Å². The normalized spacial score (nSPS) is 12.4. The Bertz CT molecular complexity index is 875. The molecule has 0 aliphatic carbocycles. The molecule has 6 heteroatoms. The van der Waals surface area contributed by atoms with Crippen LogP contribution < -0.4 is 4.74 Å². The number of fused-ring (bicyclic) bond motifs is 2. The molecule has 2 aromatic rings. The predicted octanol–water partition coefficient (Wildman–Crippen LogP) is 5.77. The Kier molecular flexibility index (Phi) is 8.91. The molecule has 0 atom stereocenters. The van der Waals surface area contributed by atoms with Gasteiger partial charge in [-0.3, -0.25) is 9.59 Å². The minimum atomic E-state index is 0.133. The van der Waals surface area contributed by atoms with Crippen LogP contribution in [0.1, 0.15) is 61.3 Å². The molecule has 1 aliphatic heterocycles. The molecule has 5 nitrogen and oxygen atoms in total. The van der Waals surface area contributed by atoms with Crippen molar-refractivity contribution in [2.75, 3.05) is 39.3 Å². The summed E-state index contributed by atoms with van der Waals surface area (Å²) in [5.74, 6) is 1.72. The molecule has 3 rings (SSSR count). The molecular formula is C26H34N2O3S. The van der Waals surface area contributed by atoms with Gasteiger partial charge in [0.2, 0.25) is 0 Å². The zero-order valence-electron chi connectivity index (χ0n) is 19.6. The highest BCUT2D eigenvalue weighted by atomic mass is 32.2. The maximum atomic E-state index is 12.7. The number of benzene rings is 2. The molecular weight excluding hydrogens is 420 g/mol. The van der Waals surface area contributed by atoms with Gasteiger partial charge in [-0.15, -0.1) is 0 Å². The number of carbonyl (C=O) groups excluding carboxylic acids is 2. The van der Waals surface area contributed by atoms with Crippen molar-refractivity contribution in [1.82, 2.24) is 9.80 Å². The first-order valence-electron chi connectivity index (χ1n) is 11.6. The molecule has 0 radical (unpaired) electrons. The highest BCUT2D eigenvalue weighted by Gasteiger charge is 2.21. The van der Waals surface area contributed by atoms with Gasteiger partial charge in [-0.2, -0.15) is 0 Å². The lowest BCUT2D eigenvalue weighted by molar-refractivity contribution is 0.0958. The summed E-state index contributed by atoms with van der Waals surface area (Å²) >= 11 is 1.59. The average molecular weight is 455 g/mol. The smallest absolute Gasteiger partial charge is 0.164 e. The molecule has 0 fully saturated rings. The van der Waals surface area contributed by atoms with E-state index in [4.69, 9.17) is 4.74 Å². The fourth-order valence-corrected chi connectivity index (χ4v) is 4.79. The summed E-state index contributed by atoms with van der Waals surface area (Å²) in [7, 11) is 0. The molecule has 0 aromatic heterocycles. The van der Waals surface area contributed by atoms with Crippen molar-refractivity contribution in [1.29, 1.82) is 0 Å². The zero-order chi connectivity index (χ0) is 23.1. The third kappa shape index (κ3) is 6.00. The molecule has 0 saturated carbocycles. The molecule has 0 spiro atoms. The Balaban J connectivity index is 1.67. The second kappa shape index (κ2) is 11.6. The topological polar surface area (TPSA) is 49.9 Å². The quantitative estimate of drug-likeness (QED) is 0.324. The third-order valence-electron chi connectivity index (χ3n) is 6.07. The molecule has 0 bridgehead atoms. The molecule has 172 valence electrons. The van der Waals surface area contributed by atoms with Crippen LogP contribution in [0.5, 0.6) is 11.5 Å². The summed E-state index contributed by atoms with van der Waals surface area (Å²) in [5.41, 5.74) is 1.40. The van der Waals surface area contributed by atoms with Crippen molar-refractivity contribution in [3.05, 3.63) is 47.5 Å². The molecule has 0 saturated heterocycles. The van der Waals surface area contributed by atoms with Crippen LogP contribution in [-0.4, -0.2) is 60.6 Å². The number of Topliss-reactive ketones (excluding diaryl/α,β-unsaturated/α-hetero) is 2. The first-order chi connectivity index (χ1) is 15.5. The molecule has 0 unspecified atom stereocenters. The van der Waals surface area contributed by atoms with Crippen molar-refractivity contribution in [3.63, 3.8) is 0 Å². The lowest BCUT2D eigenvalue weighted by Gasteiger charge is -2.21. The summed E-state index contributed by atoms with van der Waals surface area (Å²) in [6.07, 6.45) is 1.02. The van der Waals surface area contributed by atoms with Gasteiger partial charge >= 0.3 is 0 Å². The van der Waals surface area contributed by atoms with E-state index in [-0.39, 0.29) is 11.6 Å². The van der Waals surface area contributed by atoms with Crippen LogP contribution in [0, 0.1) is 0 Å². The Hall–Kier alpha value is -2.15. The van der Waals surface area contributed by atoms with Crippen LogP contribution in [0.15, 0.2) is 46.2 Å². The fraction of sp³-hybridized carbons (Fsp3) is 0.462. The lowest BCUT2D eigenvalue weighted by atomic mass is 10.1. The third-order valence-corrected chi connectivity index (χ3v) is 7.17.